The molecule has 0 aliphatic rings. The first-order valence-electron chi connectivity index (χ1n) is 10.1. The van der Waals surface area contributed by atoms with E-state index in [-0.39, 0.29) is 0 Å². The number of benzene rings is 3. The highest BCUT2D eigenvalue weighted by atomic mass is 79.9. The molecule has 9 heteroatoms. The molecule has 0 radical (unpaired) electrons. The molecule has 6 nitrogen and oxygen atoms in total. The maximum absolute atomic E-state index is 12.1. The van der Waals surface area contributed by atoms with Crippen molar-refractivity contribution >= 4 is 61.4 Å². The first-order valence-corrected chi connectivity index (χ1v) is 12.0. The van der Waals surface area contributed by atoms with Crippen molar-refractivity contribution in [2.24, 2.45) is 5.10 Å². The number of amides is 2. The topological polar surface area (TPSA) is 72.0 Å². The van der Waals surface area contributed by atoms with Crippen LogP contribution in [0.1, 0.15) is 23.6 Å². The number of hydrogen-bond acceptors (Lipinski definition) is 4. The minimum absolute atomic E-state index is 0.295. The van der Waals surface area contributed by atoms with Crippen LogP contribution < -0.4 is 20.2 Å². The van der Waals surface area contributed by atoms with Crippen molar-refractivity contribution in [3.05, 3.63) is 85.3 Å². The molecule has 0 aliphatic heterocycles. The van der Waals surface area contributed by atoms with Gasteiger partial charge in [0.1, 0.15) is 6.61 Å². The molecule has 0 bridgehead atoms. The predicted octanol–water partition coefficient (Wildman–Crippen LogP) is 7.31. The Bertz CT molecular complexity index is 1170. The van der Waals surface area contributed by atoms with Crippen LogP contribution >= 0.6 is 43.5 Å². The molecule has 172 valence electrons. The zero-order valence-corrected chi connectivity index (χ0v) is 21.9. The van der Waals surface area contributed by atoms with Crippen LogP contribution in [0.5, 0.6) is 11.5 Å². The third-order valence-corrected chi connectivity index (χ3v) is 6.30. The van der Waals surface area contributed by atoms with Gasteiger partial charge < -0.3 is 14.8 Å². The highest BCUT2D eigenvalue weighted by Crippen LogP contribution is 2.37. The Labute approximate surface area is 214 Å². The molecular formula is C24H22Br2ClN3O3. The van der Waals surface area contributed by atoms with Crippen LogP contribution in [-0.2, 0) is 6.61 Å². The predicted molar refractivity (Wildman–Crippen MR) is 140 cm³/mol. The molecule has 0 saturated heterocycles. The van der Waals surface area contributed by atoms with Gasteiger partial charge in [0.25, 0.3) is 0 Å². The van der Waals surface area contributed by atoms with Crippen LogP contribution in [0.4, 0.5) is 10.5 Å². The van der Waals surface area contributed by atoms with E-state index in [1.165, 1.54) is 6.21 Å². The van der Waals surface area contributed by atoms with Gasteiger partial charge in [-0.05, 0) is 77.3 Å². The number of nitrogens with one attached hydrogen (secondary N) is 2. The number of hydrogen-bond donors (Lipinski definition) is 2. The van der Waals surface area contributed by atoms with Crippen LogP contribution in [0, 0.1) is 6.92 Å². The third-order valence-electron chi connectivity index (χ3n) is 4.46. The zero-order valence-electron chi connectivity index (χ0n) is 18.0. The highest BCUT2D eigenvalue weighted by Gasteiger charge is 2.13. The minimum Gasteiger partial charge on any atom is -0.490 e. The van der Waals surface area contributed by atoms with E-state index in [9.17, 15) is 4.79 Å². The van der Waals surface area contributed by atoms with Gasteiger partial charge in [-0.1, -0.05) is 45.7 Å². The molecule has 3 aromatic carbocycles. The van der Waals surface area contributed by atoms with Gasteiger partial charge in [0.2, 0.25) is 0 Å². The normalized spacial score (nSPS) is 10.8. The lowest BCUT2D eigenvalue weighted by Gasteiger charge is -2.15. The fourth-order valence-corrected chi connectivity index (χ4v) is 3.89. The van der Waals surface area contributed by atoms with Crippen molar-refractivity contribution in [3.63, 3.8) is 0 Å². The van der Waals surface area contributed by atoms with Gasteiger partial charge in [0, 0.05) is 20.7 Å². The fraction of sp³-hybridized carbons (Fsp3) is 0.167. The Kier molecular flexibility index (Phi) is 9.17. The van der Waals surface area contributed by atoms with E-state index in [0.717, 1.165) is 21.2 Å². The number of carbonyl (C=O) groups excluding carboxylic acids is 1. The average Bonchev–Trinajstić information content (AvgIpc) is 2.77. The number of ether oxygens (including phenoxy) is 2. The van der Waals surface area contributed by atoms with Crippen LogP contribution in [0.15, 0.2) is 68.6 Å². The lowest BCUT2D eigenvalue weighted by Crippen LogP contribution is -2.24. The molecule has 3 rings (SSSR count). The smallest absolute Gasteiger partial charge is 0.339 e. The summed E-state index contributed by atoms with van der Waals surface area (Å²) in [4.78, 5) is 12.1. The van der Waals surface area contributed by atoms with Crippen molar-refractivity contribution in [2.45, 2.75) is 20.5 Å². The number of carbonyl (C=O) groups is 1. The Hall–Kier alpha value is -2.55. The molecule has 0 aliphatic carbocycles. The van der Waals surface area contributed by atoms with Gasteiger partial charge in [0.05, 0.1) is 17.3 Å². The Morgan fingerprint density at radius 3 is 2.61 bits per heavy atom. The second-order valence-electron chi connectivity index (χ2n) is 6.93. The van der Waals surface area contributed by atoms with Crippen molar-refractivity contribution in [1.29, 1.82) is 0 Å². The summed E-state index contributed by atoms with van der Waals surface area (Å²) in [7, 11) is 0. The van der Waals surface area contributed by atoms with Gasteiger partial charge in [-0.3, -0.25) is 0 Å². The summed E-state index contributed by atoms with van der Waals surface area (Å²) in [6.07, 6.45) is 1.53. The molecule has 0 spiro atoms. The van der Waals surface area contributed by atoms with Gasteiger partial charge >= 0.3 is 6.03 Å². The number of halogens is 3. The summed E-state index contributed by atoms with van der Waals surface area (Å²) in [5, 5.41) is 7.40. The maximum atomic E-state index is 12.1. The summed E-state index contributed by atoms with van der Waals surface area (Å²) in [5.41, 5.74) is 5.73. The lowest BCUT2D eigenvalue weighted by atomic mass is 10.2. The van der Waals surface area contributed by atoms with E-state index in [4.69, 9.17) is 21.1 Å². The van der Waals surface area contributed by atoms with Gasteiger partial charge in [-0.25, -0.2) is 10.2 Å². The molecule has 2 amide bonds. The number of rotatable bonds is 8. The first kappa shape index (κ1) is 25.1. The zero-order chi connectivity index (χ0) is 23.8. The Balaban J connectivity index is 1.67. The summed E-state index contributed by atoms with van der Waals surface area (Å²) in [5.74, 6) is 1.11. The summed E-state index contributed by atoms with van der Waals surface area (Å²) in [6.45, 7) is 4.59. The van der Waals surface area contributed by atoms with Crippen LogP contribution in [-0.4, -0.2) is 18.9 Å². The van der Waals surface area contributed by atoms with E-state index < -0.39 is 6.03 Å². The van der Waals surface area contributed by atoms with Crippen LogP contribution in [0.3, 0.4) is 0 Å². The van der Waals surface area contributed by atoms with Crippen molar-refractivity contribution in [3.8, 4) is 11.5 Å². The Morgan fingerprint density at radius 2 is 1.88 bits per heavy atom. The van der Waals surface area contributed by atoms with E-state index in [2.05, 4.69) is 47.7 Å². The van der Waals surface area contributed by atoms with Crippen molar-refractivity contribution in [2.75, 3.05) is 11.9 Å². The van der Waals surface area contributed by atoms with Gasteiger partial charge in [0.15, 0.2) is 11.5 Å². The Morgan fingerprint density at radius 1 is 1.09 bits per heavy atom. The molecule has 33 heavy (non-hydrogen) atoms. The van der Waals surface area contributed by atoms with E-state index >= 15 is 0 Å². The second-order valence-corrected chi connectivity index (χ2v) is 9.05. The molecule has 0 aromatic heterocycles. The molecule has 2 N–H and O–H groups in total. The number of anilines is 1. The van der Waals surface area contributed by atoms with E-state index in [1.54, 1.807) is 12.1 Å². The molecule has 0 heterocycles. The van der Waals surface area contributed by atoms with Gasteiger partial charge in [-0.15, -0.1) is 0 Å². The number of hydrazone groups is 1. The molecule has 0 saturated carbocycles. The van der Waals surface area contributed by atoms with E-state index in [0.29, 0.717) is 39.9 Å². The molecule has 0 fully saturated rings. The first-order chi connectivity index (χ1) is 15.9. The number of urea groups is 1. The van der Waals surface area contributed by atoms with Crippen LogP contribution in [0.2, 0.25) is 5.02 Å². The summed E-state index contributed by atoms with van der Waals surface area (Å²) in [6, 6.07) is 16.2. The fourth-order valence-electron chi connectivity index (χ4n) is 2.88. The highest BCUT2D eigenvalue weighted by molar-refractivity contribution is 9.10. The molecule has 3 aromatic rings. The van der Waals surface area contributed by atoms with E-state index in [1.807, 2.05) is 56.3 Å². The largest absolute Gasteiger partial charge is 0.490 e. The molecule has 0 atom stereocenters. The van der Waals surface area contributed by atoms with Gasteiger partial charge in [-0.2, -0.15) is 5.10 Å². The number of nitrogens with zero attached hydrogens (tertiary/aromatic N) is 1. The minimum atomic E-state index is -0.447. The monoisotopic (exact) mass is 593 g/mol. The quantitative estimate of drug-likeness (QED) is 0.212. The summed E-state index contributed by atoms with van der Waals surface area (Å²) < 4.78 is 13.4. The molecule has 0 unspecified atom stereocenters. The maximum Gasteiger partial charge on any atom is 0.339 e. The summed E-state index contributed by atoms with van der Waals surface area (Å²) >= 11 is 13.2. The van der Waals surface area contributed by atoms with Crippen molar-refractivity contribution in [1.82, 2.24) is 5.43 Å². The second kappa shape index (κ2) is 12.1. The lowest BCUT2D eigenvalue weighted by molar-refractivity contribution is 0.252. The number of aryl methyl sites for hydroxylation is 1. The van der Waals surface area contributed by atoms with Crippen molar-refractivity contribution < 1.29 is 14.3 Å². The molecular weight excluding hydrogens is 574 g/mol. The third kappa shape index (κ3) is 7.22. The standard InChI is InChI=1S/C24H22Br2ClN3O3/c1-3-32-22-12-16(11-20(26)23(22)33-14-17-6-4-5-7-21(17)27)13-28-30-24(31)29-18-8-9-19(25)15(2)10-18/h4-13H,3,14H2,1-2H3,(H2,29,30,31)/b28-13+. The van der Waals surface area contributed by atoms with Crippen LogP contribution in [0.25, 0.3) is 0 Å². The SMILES string of the molecule is CCOc1cc(/C=N/NC(=O)Nc2ccc(Br)c(C)c2)cc(Br)c1OCc1ccccc1Cl. The average molecular weight is 596 g/mol.